The molecule has 1 amide bonds. The standard InChI is InChI=1S/C17H12N4O3S/c22-16(14-11-18-7-8-19-14)21-20-10-12-3-5-13(6-4-12)24-17(23)15-2-1-9-25-15/h1-11H,(H,21,22)/b20-10-. The summed E-state index contributed by atoms with van der Waals surface area (Å²) >= 11 is 1.32. The number of carbonyl (C=O) groups excluding carboxylic acids is 2. The van der Waals surface area contributed by atoms with E-state index in [0.29, 0.717) is 10.6 Å². The summed E-state index contributed by atoms with van der Waals surface area (Å²) in [5.74, 6) is -0.419. The summed E-state index contributed by atoms with van der Waals surface area (Å²) in [5, 5.41) is 5.66. The van der Waals surface area contributed by atoms with E-state index in [1.807, 2.05) is 5.38 Å². The van der Waals surface area contributed by atoms with Gasteiger partial charge in [0, 0.05) is 12.4 Å². The minimum absolute atomic E-state index is 0.176. The van der Waals surface area contributed by atoms with Gasteiger partial charge in [-0.3, -0.25) is 9.78 Å². The average Bonchev–Trinajstić information content (AvgIpc) is 3.19. The number of amides is 1. The van der Waals surface area contributed by atoms with Gasteiger partial charge in [0.2, 0.25) is 0 Å². The van der Waals surface area contributed by atoms with E-state index >= 15 is 0 Å². The second kappa shape index (κ2) is 7.93. The molecule has 0 fully saturated rings. The van der Waals surface area contributed by atoms with E-state index in [-0.39, 0.29) is 5.69 Å². The van der Waals surface area contributed by atoms with Crippen molar-refractivity contribution in [2.24, 2.45) is 5.10 Å². The lowest BCUT2D eigenvalue weighted by Crippen LogP contribution is -2.19. The Bertz CT molecular complexity index is 878. The van der Waals surface area contributed by atoms with Crippen LogP contribution in [0.25, 0.3) is 0 Å². The quantitative estimate of drug-likeness (QED) is 0.330. The number of ether oxygens (including phenoxy) is 1. The number of benzene rings is 1. The molecule has 0 aliphatic carbocycles. The zero-order valence-corrected chi connectivity index (χ0v) is 13.6. The summed E-state index contributed by atoms with van der Waals surface area (Å²) in [6.45, 7) is 0. The van der Waals surface area contributed by atoms with Crippen molar-refractivity contribution < 1.29 is 14.3 Å². The van der Waals surface area contributed by atoms with Gasteiger partial charge in [0.15, 0.2) is 0 Å². The maximum Gasteiger partial charge on any atom is 0.353 e. The number of nitrogens with zero attached hydrogens (tertiary/aromatic N) is 3. The highest BCUT2D eigenvalue weighted by Gasteiger charge is 2.09. The molecule has 0 bridgehead atoms. The SMILES string of the molecule is O=C(N/N=C\c1ccc(OC(=O)c2cccs2)cc1)c1cnccn1. The molecule has 0 saturated heterocycles. The molecule has 3 rings (SSSR count). The Labute approximate surface area is 147 Å². The Morgan fingerprint density at radius 1 is 1.16 bits per heavy atom. The molecule has 2 heterocycles. The van der Waals surface area contributed by atoms with Gasteiger partial charge in [-0.1, -0.05) is 6.07 Å². The third-order valence-corrected chi connectivity index (χ3v) is 3.84. The normalized spacial score (nSPS) is 10.6. The Hall–Kier alpha value is -3.39. The third-order valence-electron chi connectivity index (χ3n) is 2.99. The van der Waals surface area contributed by atoms with Crippen molar-refractivity contribution in [3.63, 3.8) is 0 Å². The first-order chi connectivity index (χ1) is 12.2. The van der Waals surface area contributed by atoms with Crippen molar-refractivity contribution in [2.45, 2.75) is 0 Å². The van der Waals surface area contributed by atoms with Crippen molar-refractivity contribution in [1.82, 2.24) is 15.4 Å². The maximum absolute atomic E-state index is 11.8. The van der Waals surface area contributed by atoms with Crippen LogP contribution >= 0.6 is 11.3 Å². The fourth-order valence-corrected chi connectivity index (χ4v) is 2.41. The predicted octanol–water partition coefficient (Wildman–Crippen LogP) is 2.52. The number of aromatic nitrogens is 2. The summed E-state index contributed by atoms with van der Waals surface area (Å²) in [7, 11) is 0. The molecular formula is C17H12N4O3S. The largest absolute Gasteiger partial charge is 0.422 e. The number of hydrogen-bond donors (Lipinski definition) is 1. The molecule has 1 aromatic carbocycles. The minimum Gasteiger partial charge on any atom is -0.422 e. The summed E-state index contributed by atoms with van der Waals surface area (Å²) in [5.41, 5.74) is 3.27. The molecule has 1 N–H and O–H groups in total. The van der Waals surface area contributed by atoms with E-state index in [1.165, 1.54) is 36.1 Å². The monoisotopic (exact) mass is 352 g/mol. The lowest BCUT2D eigenvalue weighted by atomic mass is 10.2. The van der Waals surface area contributed by atoms with Crippen LogP contribution in [0.4, 0.5) is 0 Å². The highest BCUT2D eigenvalue weighted by molar-refractivity contribution is 7.12. The number of nitrogens with one attached hydrogen (secondary N) is 1. The summed E-state index contributed by atoms with van der Waals surface area (Å²) in [6, 6.07) is 10.2. The van der Waals surface area contributed by atoms with Crippen LogP contribution in [-0.2, 0) is 0 Å². The topological polar surface area (TPSA) is 93.5 Å². The van der Waals surface area contributed by atoms with E-state index in [0.717, 1.165) is 5.56 Å². The zero-order chi connectivity index (χ0) is 17.5. The van der Waals surface area contributed by atoms with Crippen LogP contribution < -0.4 is 10.2 Å². The van der Waals surface area contributed by atoms with Crippen LogP contribution in [-0.4, -0.2) is 28.1 Å². The van der Waals surface area contributed by atoms with E-state index in [4.69, 9.17) is 4.74 Å². The van der Waals surface area contributed by atoms with E-state index in [9.17, 15) is 9.59 Å². The van der Waals surface area contributed by atoms with Gasteiger partial charge < -0.3 is 4.74 Å². The van der Waals surface area contributed by atoms with Gasteiger partial charge in [-0.25, -0.2) is 15.2 Å². The number of rotatable bonds is 5. The lowest BCUT2D eigenvalue weighted by molar-refractivity contribution is 0.0739. The number of esters is 1. The van der Waals surface area contributed by atoms with Crippen molar-refractivity contribution in [2.75, 3.05) is 0 Å². The van der Waals surface area contributed by atoms with Gasteiger partial charge in [-0.05, 0) is 41.3 Å². The van der Waals surface area contributed by atoms with Gasteiger partial charge in [0.05, 0.1) is 12.4 Å². The van der Waals surface area contributed by atoms with Crippen molar-refractivity contribution >= 4 is 29.4 Å². The second-order valence-corrected chi connectivity index (χ2v) is 5.67. The Balaban J connectivity index is 1.55. The first kappa shape index (κ1) is 16.5. The lowest BCUT2D eigenvalue weighted by Gasteiger charge is -2.02. The fourth-order valence-electron chi connectivity index (χ4n) is 1.81. The van der Waals surface area contributed by atoms with Gasteiger partial charge in [0.25, 0.3) is 5.91 Å². The van der Waals surface area contributed by atoms with Gasteiger partial charge in [0.1, 0.15) is 16.3 Å². The minimum atomic E-state index is -0.453. The van der Waals surface area contributed by atoms with Crippen LogP contribution in [0, 0.1) is 0 Å². The van der Waals surface area contributed by atoms with Crippen molar-refractivity contribution in [3.8, 4) is 5.75 Å². The number of thiophene rings is 1. The van der Waals surface area contributed by atoms with Crippen LogP contribution in [0.2, 0.25) is 0 Å². The van der Waals surface area contributed by atoms with Crippen LogP contribution in [0.15, 0.2) is 65.5 Å². The van der Waals surface area contributed by atoms with Gasteiger partial charge >= 0.3 is 5.97 Å². The molecule has 0 unspecified atom stereocenters. The molecule has 25 heavy (non-hydrogen) atoms. The molecule has 2 aromatic heterocycles. The molecular weight excluding hydrogens is 340 g/mol. The maximum atomic E-state index is 11.8. The smallest absolute Gasteiger partial charge is 0.353 e. The molecule has 0 radical (unpaired) electrons. The fraction of sp³-hybridized carbons (Fsp3) is 0. The van der Waals surface area contributed by atoms with Crippen molar-refractivity contribution in [1.29, 1.82) is 0 Å². The second-order valence-electron chi connectivity index (χ2n) is 4.73. The molecule has 124 valence electrons. The molecule has 0 spiro atoms. The van der Waals surface area contributed by atoms with Gasteiger partial charge in [-0.15, -0.1) is 11.3 Å². The highest BCUT2D eigenvalue weighted by Crippen LogP contribution is 2.16. The summed E-state index contributed by atoms with van der Waals surface area (Å²) in [4.78, 5) is 31.8. The number of hydrogen-bond acceptors (Lipinski definition) is 7. The van der Waals surface area contributed by atoms with Crippen molar-refractivity contribution in [3.05, 3.63) is 76.5 Å². The highest BCUT2D eigenvalue weighted by atomic mass is 32.1. The van der Waals surface area contributed by atoms with Crippen LogP contribution in [0.1, 0.15) is 25.7 Å². The molecule has 0 aliphatic rings. The van der Waals surface area contributed by atoms with Gasteiger partial charge in [-0.2, -0.15) is 5.10 Å². The zero-order valence-electron chi connectivity index (χ0n) is 12.8. The molecule has 0 saturated carbocycles. The van der Waals surface area contributed by atoms with E-state index in [1.54, 1.807) is 36.4 Å². The van der Waals surface area contributed by atoms with Crippen LogP contribution in [0.5, 0.6) is 5.75 Å². The first-order valence-corrected chi connectivity index (χ1v) is 8.05. The Morgan fingerprint density at radius 3 is 2.68 bits per heavy atom. The van der Waals surface area contributed by atoms with E-state index in [2.05, 4.69) is 20.5 Å². The number of hydrazone groups is 1. The molecule has 7 nitrogen and oxygen atoms in total. The average molecular weight is 352 g/mol. The molecule has 0 atom stereocenters. The number of carbonyl (C=O) groups is 2. The third kappa shape index (κ3) is 4.55. The Morgan fingerprint density at radius 2 is 2.00 bits per heavy atom. The molecule has 8 heteroatoms. The molecule has 0 aliphatic heterocycles. The summed E-state index contributed by atoms with van der Waals surface area (Å²) < 4.78 is 5.26. The van der Waals surface area contributed by atoms with Crippen LogP contribution in [0.3, 0.4) is 0 Å². The summed E-state index contributed by atoms with van der Waals surface area (Å²) in [6.07, 6.45) is 5.72. The Kier molecular flexibility index (Phi) is 5.22. The van der Waals surface area contributed by atoms with E-state index < -0.39 is 11.9 Å². The predicted molar refractivity (Wildman–Crippen MR) is 92.8 cm³/mol. The first-order valence-electron chi connectivity index (χ1n) is 7.17. The molecule has 3 aromatic rings.